The molecule has 0 saturated carbocycles. The first kappa shape index (κ1) is 23.1. The van der Waals surface area contributed by atoms with Crippen molar-refractivity contribution in [2.45, 2.75) is 39.5 Å². The lowest BCUT2D eigenvalue weighted by Crippen LogP contribution is -2.38. The molecular weight excluding hydrogens is 442 g/mol. The van der Waals surface area contributed by atoms with Gasteiger partial charge in [-0.25, -0.2) is 4.39 Å². The van der Waals surface area contributed by atoms with Gasteiger partial charge in [-0.3, -0.25) is 4.99 Å². The van der Waals surface area contributed by atoms with Gasteiger partial charge in [0, 0.05) is 19.6 Å². The van der Waals surface area contributed by atoms with E-state index in [1.54, 1.807) is 12.1 Å². The van der Waals surface area contributed by atoms with Gasteiger partial charge in [0.15, 0.2) is 5.96 Å². The normalized spacial score (nSPS) is 16.2. The van der Waals surface area contributed by atoms with Crippen LogP contribution < -0.4 is 10.6 Å². The van der Waals surface area contributed by atoms with Crippen LogP contribution in [0.25, 0.3) is 0 Å². The molecule has 1 fully saturated rings. The number of benzene rings is 1. The van der Waals surface area contributed by atoms with Crippen LogP contribution in [0.1, 0.15) is 38.7 Å². The fourth-order valence-electron chi connectivity index (χ4n) is 3.31. The summed E-state index contributed by atoms with van der Waals surface area (Å²) in [7, 11) is 0. The van der Waals surface area contributed by atoms with Crippen molar-refractivity contribution >= 4 is 29.9 Å². The molecule has 1 aliphatic rings. The third-order valence-electron chi connectivity index (χ3n) is 4.90. The molecule has 0 amide bonds. The molecule has 6 heteroatoms. The van der Waals surface area contributed by atoms with Gasteiger partial charge in [-0.2, -0.15) is 0 Å². The number of halogens is 2. The van der Waals surface area contributed by atoms with Gasteiger partial charge in [-0.1, -0.05) is 19.1 Å². The number of nitrogens with zero attached hydrogens (tertiary/aromatic N) is 2. The van der Waals surface area contributed by atoms with Crippen LogP contribution in [0.5, 0.6) is 0 Å². The van der Waals surface area contributed by atoms with Crippen molar-refractivity contribution in [2.24, 2.45) is 10.9 Å². The maximum absolute atomic E-state index is 13.2. The van der Waals surface area contributed by atoms with E-state index >= 15 is 0 Å². The summed E-state index contributed by atoms with van der Waals surface area (Å²) in [6.07, 6.45) is 4.55. The Morgan fingerprint density at radius 1 is 1.23 bits per heavy atom. The maximum Gasteiger partial charge on any atom is 0.191 e. The van der Waals surface area contributed by atoms with Gasteiger partial charge in [-0.15, -0.1) is 24.0 Å². The van der Waals surface area contributed by atoms with Crippen LogP contribution >= 0.6 is 24.0 Å². The third kappa shape index (κ3) is 8.66. The first-order valence-corrected chi connectivity index (χ1v) is 9.70. The van der Waals surface area contributed by atoms with Gasteiger partial charge in [0.2, 0.25) is 0 Å². The molecule has 0 radical (unpaired) electrons. The monoisotopic (exact) mass is 476 g/mol. The summed E-state index contributed by atoms with van der Waals surface area (Å²) in [4.78, 5) is 7.23. The molecule has 0 aliphatic carbocycles. The van der Waals surface area contributed by atoms with Crippen LogP contribution in [0.2, 0.25) is 0 Å². The summed E-state index contributed by atoms with van der Waals surface area (Å²) in [5.41, 5.74) is 1.01. The number of piperidine rings is 1. The Morgan fingerprint density at radius 2 is 2.00 bits per heavy atom. The Morgan fingerprint density at radius 3 is 2.65 bits per heavy atom. The lowest BCUT2D eigenvalue weighted by Gasteiger charge is -2.30. The summed E-state index contributed by atoms with van der Waals surface area (Å²) in [5.74, 6) is 1.50. The minimum absolute atomic E-state index is 0. The second kappa shape index (κ2) is 13.3. The van der Waals surface area contributed by atoms with E-state index in [0.29, 0.717) is 0 Å². The van der Waals surface area contributed by atoms with E-state index < -0.39 is 0 Å². The summed E-state index contributed by atoms with van der Waals surface area (Å²) in [5, 5.41) is 6.64. The summed E-state index contributed by atoms with van der Waals surface area (Å²) in [6, 6.07) is 6.78. The fraction of sp³-hybridized carbons (Fsp3) is 0.650. The third-order valence-corrected chi connectivity index (χ3v) is 4.90. The van der Waals surface area contributed by atoms with Gasteiger partial charge in [0.1, 0.15) is 5.82 Å². The van der Waals surface area contributed by atoms with Gasteiger partial charge in [0.05, 0.1) is 0 Å². The number of likely N-dealkylation sites (tertiary alicyclic amines) is 1. The molecule has 1 aromatic rings. The Kier molecular flexibility index (Phi) is 11.8. The average molecular weight is 476 g/mol. The zero-order valence-corrected chi connectivity index (χ0v) is 18.5. The van der Waals surface area contributed by atoms with Crippen LogP contribution in [0.4, 0.5) is 4.39 Å². The molecule has 0 atom stereocenters. The van der Waals surface area contributed by atoms with Gasteiger partial charge < -0.3 is 15.5 Å². The highest BCUT2D eigenvalue weighted by Crippen LogP contribution is 2.20. The molecule has 0 aromatic heterocycles. The Balaban J connectivity index is 0.00000338. The SMILES string of the molecule is CCNC(=NCCC1CCN(CC)CC1)NCCc1cccc(F)c1.I. The Bertz CT molecular complexity index is 530. The van der Waals surface area contributed by atoms with Crippen LogP contribution in [0, 0.1) is 11.7 Å². The Hall–Kier alpha value is -0.890. The lowest BCUT2D eigenvalue weighted by atomic mass is 9.94. The zero-order chi connectivity index (χ0) is 17.9. The van der Waals surface area contributed by atoms with E-state index in [9.17, 15) is 4.39 Å². The largest absolute Gasteiger partial charge is 0.357 e. The molecule has 148 valence electrons. The quantitative estimate of drug-likeness (QED) is 0.342. The number of rotatable bonds is 8. The second-order valence-corrected chi connectivity index (χ2v) is 6.73. The molecular formula is C20H34FIN4. The van der Waals surface area contributed by atoms with Crippen LogP contribution in [-0.2, 0) is 6.42 Å². The zero-order valence-electron chi connectivity index (χ0n) is 16.1. The minimum atomic E-state index is -0.174. The van der Waals surface area contributed by atoms with Crippen molar-refractivity contribution < 1.29 is 4.39 Å². The highest BCUT2D eigenvalue weighted by molar-refractivity contribution is 14.0. The van der Waals surface area contributed by atoms with Crippen molar-refractivity contribution in [1.82, 2.24) is 15.5 Å². The number of hydrogen-bond acceptors (Lipinski definition) is 2. The molecule has 0 spiro atoms. The summed E-state index contributed by atoms with van der Waals surface area (Å²) in [6.45, 7) is 10.4. The van der Waals surface area contributed by atoms with E-state index in [1.807, 2.05) is 6.07 Å². The maximum atomic E-state index is 13.2. The highest BCUT2D eigenvalue weighted by atomic mass is 127. The molecule has 1 saturated heterocycles. The molecule has 2 N–H and O–H groups in total. The van der Waals surface area contributed by atoms with E-state index in [-0.39, 0.29) is 29.8 Å². The van der Waals surface area contributed by atoms with Gasteiger partial charge in [0.25, 0.3) is 0 Å². The van der Waals surface area contributed by atoms with Crippen molar-refractivity contribution in [1.29, 1.82) is 0 Å². The highest BCUT2D eigenvalue weighted by Gasteiger charge is 2.17. The fourth-order valence-corrected chi connectivity index (χ4v) is 3.31. The molecule has 1 heterocycles. The average Bonchev–Trinajstić information content (AvgIpc) is 2.62. The minimum Gasteiger partial charge on any atom is -0.357 e. The summed E-state index contributed by atoms with van der Waals surface area (Å²) < 4.78 is 13.2. The number of aliphatic imine (C=N–C) groups is 1. The first-order chi connectivity index (χ1) is 12.2. The smallest absolute Gasteiger partial charge is 0.191 e. The Labute approximate surface area is 175 Å². The van der Waals surface area contributed by atoms with E-state index in [1.165, 1.54) is 38.5 Å². The standard InChI is InChI=1S/C20H33FN4.HI/c1-3-22-20(24-13-9-18-6-5-7-19(21)16-18)23-12-8-17-10-14-25(4-2)15-11-17;/h5-7,16-17H,3-4,8-15H2,1-2H3,(H2,22,23,24);1H. The van der Waals surface area contributed by atoms with Crippen molar-refractivity contribution in [2.75, 3.05) is 39.3 Å². The molecule has 0 unspecified atom stereocenters. The number of guanidine groups is 1. The predicted octanol–water partition coefficient (Wildman–Crippen LogP) is 3.66. The van der Waals surface area contributed by atoms with Gasteiger partial charge in [-0.05, 0) is 75.9 Å². The predicted molar refractivity (Wildman–Crippen MR) is 119 cm³/mol. The molecule has 0 bridgehead atoms. The number of hydrogen-bond donors (Lipinski definition) is 2. The second-order valence-electron chi connectivity index (χ2n) is 6.73. The van der Waals surface area contributed by atoms with E-state index in [2.05, 4.69) is 29.4 Å². The molecule has 1 aliphatic heterocycles. The molecule has 26 heavy (non-hydrogen) atoms. The van der Waals surface area contributed by atoms with Crippen LogP contribution in [0.3, 0.4) is 0 Å². The van der Waals surface area contributed by atoms with Crippen molar-refractivity contribution in [3.8, 4) is 0 Å². The summed E-state index contributed by atoms with van der Waals surface area (Å²) >= 11 is 0. The van der Waals surface area contributed by atoms with Crippen LogP contribution in [0.15, 0.2) is 29.3 Å². The molecule has 1 aromatic carbocycles. The first-order valence-electron chi connectivity index (χ1n) is 9.70. The lowest BCUT2D eigenvalue weighted by molar-refractivity contribution is 0.188. The molecule has 2 rings (SSSR count). The van der Waals surface area contributed by atoms with Crippen LogP contribution in [-0.4, -0.2) is 50.1 Å². The van der Waals surface area contributed by atoms with Crippen molar-refractivity contribution in [3.63, 3.8) is 0 Å². The molecule has 4 nitrogen and oxygen atoms in total. The van der Waals surface area contributed by atoms with E-state index in [0.717, 1.165) is 49.9 Å². The van der Waals surface area contributed by atoms with Crippen molar-refractivity contribution in [3.05, 3.63) is 35.6 Å². The van der Waals surface area contributed by atoms with Gasteiger partial charge >= 0.3 is 0 Å². The topological polar surface area (TPSA) is 39.7 Å². The number of nitrogens with one attached hydrogen (secondary N) is 2. The van der Waals surface area contributed by atoms with E-state index in [4.69, 9.17) is 4.99 Å².